The number of amides is 1. The normalized spacial score (nSPS) is 14.2. The summed E-state index contributed by atoms with van der Waals surface area (Å²) in [5, 5.41) is 0. The SMILES string of the molecule is Cc1cccc(C(=O)Oc2ccc(N3CCCC3=O)cc2)n1. The number of ether oxygens (including phenoxy) is 1. The van der Waals surface area contributed by atoms with Gasteiger partial charge in [-0.25, -0.2) is 9.78 Å². The fourth-order valence-electron chi connectivity index (χ4n) is 2.43. The Morgan fingerprint density at radius 2 is 1.95 bits per heavy atom. The van der Waals surface area contributed by atoms with Gasteiger partial charge in [-0.3, -0.25) is 4.79 Å². The number of aromatic nitrogens is 1. The van der Waals surface area contributed by atoms with Crippen molar-refractivity contribution in [1.82, 2.24) is 4.98 Å². The molecular formula is C17H16N2O3. The summed E-state index contributed by atoms with van der Waals surface area (Å²) in [5.74, 6) is 0.0751. The van der Waals surface area contributed by atoms with Crippen LogP contribution in [0.5, 0.6) is 5.75 Å². The Morgan fingerprint density at radius 1 is 1.18 bits per heavy atom. The van der Waals surface area contributed by atoms with Crippen LogP contribution in [0.1, 0.15) is 29.0 Å². The van der Waals surface area contributed by atoms with Gasteiger partial charge in [-0.05, 0) is 49.7 Å². The molecule has 22 heavy (non-hydrogen) atoms. The van der Waals surface area contributed by atoms with Gasteiger partial charge >= 0.3 is 5.97 Å². The molecule has 5 heteroatoms. The van der Waals surface area contributed by atoms with Gasteiger partial charge in [-0.15, -0.1) is 0 Å². The van der Waals surface area contributed by atoms with Crippen molar-refractivity contribution in [3.05, 3.63) is 53.9 Å². The lowest BCUT2D eigenvalue weighted by Gasteiger charge is -2.15. The molecule has 0 spiro atoms. The molecule has 1 aliphatic heterocycles. The number of nitrogens with zero attached hydrogens (tertiary/aromatic N) is 2. The molecule has 0 unspecified atom stereocenters. The third-order valence-electron chi connectivity index (χ3n) is 3.53. The molecule has 0 bridgehead atoms. The van der Waals surface area contributed by atoms with Gasteiger partial charge in [0.2, 0.25) is 5.91 Å². The summed E-state index contributed by atoms with van der Waals surface area (Å²) in [6.07, 6.45) is 1.48. The van der Waals surface area contributed by atoms with Crippen LogP contribution >= 0.6 is 0 Å². The maximum Gasteiger partial charge on any atom is 0.362 e. The number of carbonyl (C=O) groups is 2. The van der Waals surface area contributed by atoms with Gasteiger partial charge in [0.15, 0.2) is 0 Å². The Labute approximate surface area is 128 Å². The Balaban J connectivity index is 1.71. The Bertz CT molecular complexity index is 710. The first-order chi connectivity index (χ1) is 10.6. The van der Waals surface area contributed by atoms with Crippen molar-refractivity contribution in [1.29, 1.82) is 0 Å². The van der Waals surface area contributed by atoms with E-state index in [9.17, 15) is 9.59 Å². The van der Waals surface area contributed by atoms with E-state index in [0.717, 1.165) is 24.3 Å². The summed E-state index contributed by atoms with van der Waals surface area (Å²) in [6.45, 7) is 2.56. The number of pyridine rings is 1. The molecule has 1 aromatic carbocycles. The molecule has 0 aliphatic carbocycles. The van der Waals surface area contributed by atoms with Crippen LogP contribution in [0.3, 0.4) is 0 Å². The van der Waals surface area contributed by atoms with Crippen LogP contribution in [0.4, 0.5) is 5.69 Å². The van der Waals surface area contributed by atoms with E-state index < -0.39 is 5.97 Å². The summed E-state index contributed by atoms with van der Waals surface area (Å²) in [6, 6.07) is 12.2. The van der Waals surface area contributed by atoms with Crippen LogP contribution in [-0.2, 0) is 4.79 Å². The monoisotopic (exact) mass is 296 g/mol. The first kappa shape index (κ1) is 14.3. The second-order valence-electron chi connectivity index (χ2n) is 5.20. The van der Waals surface area contributed by atoms with Gasteiger partial charge in [0.05, 0.1) is 0 Å². The van der Waals surface area contributed by atoms with Gasteiger partial charge < -0.3 is 9.64 Å². The largest absolute Gasteiger partial charge is 0.422 e. The van der Waals surface area contributed by atoms with E-state index in [1.165, 1.54) is 0 Å². The minimum atomic E-state index is -0.492. The van der Waals surface area contributed by atoms with Crippen molar-refractivity contribution in [3.63, 3.8) is 0 Å². The molecule has 0 saturated carbocycles. The topological polar surface area (TPSA) is 59.5 Å². The maximum absolute atomic E-state index is 12.0. The second kappa shape index (κ2) is 5.97. The molecule has 1 aliphatic rings. The van der Waals surface area contributed by atoms with Crippen LogP contribution in [0.2, 0.25) is 0 Å². The molecular weight excluding hydrogens is 280 g/mol. The summed E-state index contributed by atoms with van der Waals surface area (Å²) >= 11 is 0. The van der Waals surface area contributed by atoms with E-state index in [1.54, 1.807) is 41.3 Å². The zero-order valence-electron chi connectivity index (χ0n) is 12.3. The van der Waals surface area contributed by atoms with Crippen LogP contribution in [0, 0.1) is 6.92 Å². The zero-order chi connectivity index (χ0) is 15.5. The molecule has 1 saturated heterocycles. The van der Waals surface area contributed by atoms with Crippen molar-refractivity contribution in [3.8, 4) is 5.75 Å². The summed E-state index contributed by atoms with van der Waals surface area (Å²) in [7, 11) is 0. The van der Waals surface area contributed by atoms with Gasteiger partial charge in [-0.2, -0.15) is 0 Å². The molecule has 2 aromatic rings. The zero-order valence-corrected chi connectivity index (χ0v) is 12.3. The highest BCUT2D eigenvalue weighted by Crippen LogP contribution is 2.24. The van der Waals surface area contributed by atoms with Crippen LogP contribution in [-0.4, -0.2) is 23.4 Å². The van der Waals surface area contributed by atoms with Gasteiger partial charge in [0, 0.05) is 24.3 Å². The van der Waals surface area contributed by atoms with Crippen molar-refractivity contribution in [2.45, 2.75) is 19.8 Å². The average Bonchev–Trinajstić information content (AvgIpc) is 2.94. The van der Waals surface area contributed by atoms with E-state index in [2.05, 4.69) is 4.98 Å². The Morgan fingerprint density at radius 3 is 2.59 bits per heavy atom. The van der Waals surface area contributed by atoms with Gasteiger partial charge in [-0.1, -0.05) is 6.07 Å². The first-order valence-electron chi connectivity index (χ1n) is 7.20. The molecule has 1 fully saturated rings. The van der Waals surface area contributed by atoms with Crippen molar-refractivity contribution < 1.29 is 14.3 Å². The molecule has 3 rings (SSSR count). The van der Waals surface area contributed by atoms with E-state index in [0.29, 0.717) is 12.2 Å². The molecule has 0 N–H and O–H groups in total. The lowest BCUT2D eigenvalue weighted by Crippen LogP contribution is -2.23. The molecule has 2 heterocycles. The summed E-state index contributed by atoms with van der Waals surface area (Å²) < 4.78 is 5.30. The summed E-state index contributed by atoms with van der Waals surface area (Å²) in [5.41, 5.74) is 1.87. The number of esters is 1. The van der Waals surface area contributed by atoms with Crippen molar-refractivity contribution in [2.24, 2.45) is 0 Å². The predicted molar refractivity (Wildman–Crippen MR) is 82.0 cm³/mol. The number of hydrogen-bond donors (Lipinski definition) is 0. The first-order valence-corrected chi connectivity index (χ1v) is 7.20. The minimum absolute atomic E-state index is 0.133. The van der Waals surface area contributed by atoms with Crippen LogP contribution < -0.4 is 9.64 Å². The minimum Gasteiger partial charge on any atom is -0.422 e. The quantitative estimate of drug-likeness (QED) is 0.645. The maximum atomic E-state index is 12.0. The number of anilines is 1. The number of carbonyl (C=O) groups excluding carboxylic acids is 2. The average molecular weight is 296 g/mol. The highest BCUT2D eigenvalue weighted by Gasteiger charge is 2.21. The van der Waals surface area contributed by atoms with E-state index in [1.807, 2.05) is 13.0 Å². The number of hydrogen-bond acceptors (Lipinski definition) is 4. The van der Waals surface area contributed by atoms with Gasteiger partial charge in [0.25, 0.3) is 0 Å². The smallest absolute Gasteiger partial charge is 0.362 e. The predicted octanol–water partition coefficient (Wildman–Crippen LogP) is 2.74. The fraction of sp³-hybridized carbons (Fsp3) is 0.235. The molecule has 1 aromatic heterocycles. The summed E-state index contributed by atoms with van der Waals surface area (Å²) in [4.78, 5) is 29.6. The number of aryl methyl sites for hydroxylation is 1. The molecule has 0 atom stereocenters. The molecule has 0 radical (unpaired) electrons. The van der Waals surface area contributed by atoms with E-state index in [4.69, 9.17) is 4.74 Å². The number of benzene rings is 1. The van der Waals surface area contributed by atoms with Gasteiger partial charge in [0.1, 0.15) is 11.4 Å². The van der Waals surface area contributed by atoms with Crippen LogP contribution in [0.25, 0.3) is 0 Å². The van der Waals surface area contributed by atoms with Crippen molar-refractivity contribution >= 4 is 17.6 Å². The Kier molecular flexibility index (Phi) is 3.87. The lowest BCUT2D eigenvalue weighted by molar-refractivity contribution is -0.117. The Hall–Kier alpha value is -2.69. The van der Waals surface area contributed by atoms with E-state index in [-0.39, 0.29) is 11.6 Å². The fourth-order valence-corrected chi connectivity index (χ4v) is 2.43. The molecule has 5 nitrogen and oxygen atoms in total. The lowest BCUT2D eigenvalue weighted by atomic mass is 10.2. The van der Waals surface area contributed by atoms with E-state index >= 15 is 0 Å². The van der Waals surface area contributed by atoms with Crippen molar-refractivity contribution in [2.75, 3.05) is 11.4 Å². The highest BCUT2D eigenvalue weighted by molar-refractivity contribution is 5.95. The highest BCUT2D eigenvalue weighted by atomic mass is 16.5. The second-order valence-corrected chi connectivity index (χ2v) is 5.20. The standard InChI is InChI=1S/C17H16N2O3/c1-12-4-2-5-15(18-12)17(21)22-14-9-7-13(8-10-14)19-11-3-6-16(19)20/h2,4-5,7-10H,3,6,11H2,1H3. The third kappa shape index (κ3) is 2.98. The molecule has 112 valence electrons. The van der Waals surface area contributed by atoms with Crippen LogP contribution in [0.15, 0.2) is 42.5 Å². The molecule has 1 amide bonds. The number of rotatable bonds is 3. The third-order valence-corrected chi connectivity index (χ3v) is 3.53.